The van der Waals surface area contributed by atoms with Gasteiger partial charge in [-0.1, -0.05) is 38.5 Å². The van der Waals surface area contributed by atoms with Crippen LogP contribution in [0.5, 0.6) is 0 Å². The van der Waals surface area contributed by atoms with Crippen molar-refractivity contribution in [2.75, 3.05) is 19.8 Å². The molecule has 6 aliphatic rings. The lowest BCUT2D eigenvalue weighted by molar-refractivity contribution is 0.158. The molecule has 132 valence electrons. The van der Waals surface area contributed by atoms with Crippen molar-refractivity contribution in [1.29, 1.82) is 0 Å². The molecule has 0 amide bonds. The Kier molecular flexibility index (Phi) is 4.82. The molecule has 0 aromatic heterocycles. The van der Waals surface area contributed by atoms with Crippen molar-refractivity contribution in [3.05, 3.63) is 0 Å². The van der Waals surface area contributed by atoms with Crippen LogP contribution in [0, 0.1) is 17.8 Å². The molecule has 5 heteroatoms. The molecule has 0 atom stereocenters. The van der Waals surface area contributed by atoms with Crippen molar-refractivity contribution >= 4 is 12.7 Å². The number of hydrogen-bond acceptors (Lipinski definition) is 3. The summed E-state index contributed by atoms with van der Waals surface area (Å²) in [5, 5.41) is 9.85. The predicted molar refractivity (Wildman–Crippen MR) is 97.5 cm³/mol. The smallest absolute Gasteiger partial charge is 0.114 e. The molecular formula is C18H34B2O3-2. The third kappa shape index (κ3) is 3.52. The van der Waals surface area contributed by atoms with Crippen molar-refractivity contribution in [1.82, 2.24) is 0 Å². The highest BCUT2D eigenvalue weighted by Gasteiger charge is 2.38. The third-order valence-corrected chi connectivity index (χ3v) is 8.24. The minimum Gasteiger partial charge on any atom is -0.590 e. The van der Waals surface area contributed by atoms with Crippen LogP contribution >= 0.6 is 0 Å². The summed E-state index contributed by atoms with van der Waals surface area (Å²) in [5.74, 6) is 2.18. The van der Waals surface area contributed by atoms with Crippen LogP contribution in [-0.2, 0) is 9.31 Å². The highest BCUT2D eigenvalue weighted by Crippen LogP contribution is 2.45. The maximum atomic E-state index is 9.85. The quantitative estimate of drug-likeness (QED) is 0.716. The Morgan fingerprint density at radius 1 is 0.783 bits per heavy atom. The Labute approximate surface area is 141 Å². The summed E-state index contributed by atoms with van der Waals surface area (Å²) >= 11 is 0. The zero-order chi connectivity index (χ0) is 15.8. The van der Waals surface area contributed by atoms with Gasteiger partial charge in [0.2, 0.25) is 0 Å². The van der Waals surface area contributed by atoms with E-state index in [9.17, 15) is 5.11 Å². The SMILES string of the molecule is OCC(CC[B-]12CCC(CC1)CO2)CC[B-]12CCC(CC1)CO2. The lowest BCUT2D eigenvalue weighted by atomic mass is 9.27. The molecule has 3 nitrogen and oxygen atoms in total. The molecule has 6 saturated heterocycles. The maximum Gasteiger partial charge on any atom is 0.114 e. The van der Waals surface area contributed by atoms with Gasteiger partial charge in [-0.25, -0.2) is 0 Å². The fraction of sp³-hybridized carbons (Fsp3) is 1.00. The zero-order valence-corrected chi connectivity index (χ0v) is 14.8. The van der Waals surface area contributed by atoms with Crippen LogP contribution < -0.4 is 0 Å². The molecule has 0 spiro atoms. The van der Waals surface area contributed by atoms with Crippen molar-refractivity contribution in [3.63, 3.8) is 0 Å². The second-order valence-corrected chi connectivity index (χ2v) is 9.64. The Bertz CT molecular complexity index is 338. The molecular weight excluding hydrogens is 286 g/mol. The van der Waals surface area contributed by atoms with Crippen molar-refractivity contribution in [2.45, 2.75) is 76.4 Å². The third-order valence-electron chi connectivity index (χ3n) is 8.24. The van der Waals surface area contributed by atoms with E-state index in [4.69, 9.17) is 9.31 Å². The number of aliphatic hydroxyl groups excluding tert-OH is 1. The van der Waals surface area contributed by atoms with E-state index in [1.165, 1.54) is 63.6 Å². The summed E-state index contributed by atoms with van der Waals surface area (Å²) < 4.78 is 12.5. The van der Waals surface area contributed by atoms with Gasteiger partial charge in [0.1, 0.15) is 12.7 Å². The van der Waals surface area contributed by atoms with E-state index in [1.54, 1.807) is 0 Å². The Hall–Kier alpha value is 0.00987. The van der Waals surface area contributed by atoms with E-state index in [0.29, 0.717) is 12.5 Å². The minimum absolute atomic E-state index is 0.351. The molecule has 4 bridgehead atoms. The van der Waals surface area contributed by atoms with Crippen LogP contribution in [0.25, 0.3) is 0 Å². The number of fused-ring (bicyclic) bond motifs is 6. The van der Waals surface area contributed by atoms with Crippen LogP contribution in [0.1, 0.15) is 38.5 Å². The maximum absolute atomic E-state index is 9.85. The van der Waals surface area contributed by atoms with Gasteiger partial charge in [-0.15, -0.1) is 0 Å². The van der Waals surface area contributed by atoms with Gasteiger partial charge in [-0.2, -0.15) is 37.9 Å². The highest BCUT2D eigenvalue weighted by atomic mass is 16.4. The molecule has 6 heterocycles. The van der Waals surface area contributed by atoms with Gasteiger partial charge in [0, 0.05) is 19.8 Å². The molecule has 23 heavy (non-hydrogen) atoms. The largest absolute Gasteiger partial charge is 0.590 e. The van der Waals surface area contributed by atoms with E-state index in [0.717, 1.165) is 37.9 Å². The van der Waals surface area contributed by atoms with Crippen molar-refractivity contribution < 1.29 is 14.4 Å². The number of rotatable bonds is 7. The van der Waals surface area contributed by atoms with Crippen LogP contribution in [0.15, 0.2) is 0 Å². The van der Waals surface area contributed by atoms with Crippen LogP contribution in [0.3, 0.4) is 0 Å². The average molecular weight is 320 g/mol. The summed E-state index contributed by atoms with van der Waals surface area (Å²) in [7, 11) is 0. The summed E-state index contributed by atoms with van der Waals surface area (Å²) in [6.45, 7) is 2.39. The fourth-order valence-corrected chi connectivity index (χ4v) is 6.23. The first-order valence-corrected chi connectivity index (χ1v) is 10.5. The molecule has 0 radical (unpaired) electrons. The molecule has 6 aliphatic heterocycles. The second kappa shape index (κ2) is 6.72. The van der Waals surface area contributed by atoms with E-state index < -0.39 is 12.7 Å². The monoisotopic (exact) mass is 320 g/mol. The molecule has 1 N–H and O–H groups in total. The van der Waals surface area contributed by atoms with Gasteiger partial charge in [-0.3, -0.25) is 0 Å². The van der Waals surface area contributed by atoms with Crippen LogP contribution in [0.2, 0.25) is 37.9 Å². The molecule has 0 aromatic carbocycles. The highest BCUT2D eigenvalue weighted by molar-refractivity contribution is 6.74. The van der Waals surface area contributed by atoms with E-state index in [1.807, 2.05) is 0 Å². The lowest BCUT2D eigenvalue weighted by Crippen LogP contribution is -2.49. The molecule has 6 rings (SSSR count). The number of hydrogen-bond donors (Lipinski definition) is 1. The van der Waals surface area contributed by atoms with Gasteiger partial charge < -0.3 is 14.4 Å². The molecule has 0 saturated carbocycles. The van der Waals surface area contributed by atoms with Crippen LogP contribution in [-0.4, -0.2) is 37.6 Å². The zero-order valence-electron chi connectivity index (χ0n) is 14.8. The molecule has 0 unspecified atom stereocenters. The molecule has 6 fully saturated rings. The minimum atomic E-state index is -0.533. The fourth-order valence-electron chi connectivity index (χ4n) is 6.23. The summed E-state index contributed by atoms with van der Waals surface area (Å²) in [6.07, 6.45) is 14.6. The van der Waals surface area contributed by atoms with E-state index >= 15 is 0 Å². The van der Waals surface area contributed by atoms with Gasteiger partial charge in [0.15, 0.2) is 0 Å². The average Bonchev–Trinajstić information content (AvgIpc) is 2.65. The van der Waals surface area contributed by atoms with E-state index in [-0.39, 0.29) is 0 Å². The normalized spacial score (nSPS) is 43.7. The summed E-state index contributed by atoms with van der Waals surface area (Å²) in [5.41, 5.74) is 0. The lowest BCUT2D eigenvalue weighted by Gasteiger charge is -2.54. The predicted octanol–water partition coefficient (Wildman–Crippen LogP) is 4.15. The molecule has 0 aromatic rings. The van der Waals surface area contributed by atoms with Crippen molar-refractivity contribution in [2.24, 2.45) is 17.8 Å². The molecule has 0 aliphatic carbocycles. The standard InChI is InChI=1S/C18H34B2O3/c21-13-16(1-7-19-9-3-17(4-10-19)14-22-19)2-8-20-11-5-18(6-12-20)15-23-20/h16-18,21H,1-15H2/q-2. The van der Waals surface area contributed by atoms with Gasteiger partial charge >= 0.3 is 0 Å². The Morgan fingerprint density at radius 3 is 1.52 bits per heavy atom. The van der Waals surface area contributed by atoms with Crippen molar-refractivity contribution in [3.8, 4) is 0 Å². The first-order valence-electron chi connectivity index (χ1n) is 10.5. The summed E-state index contributed by atoms with van der Waals surface area (Å²) in [4.78, 5) is 0. The van der Waals surface area contributed by atoms with Gasteiger partial charge in [0.25, 0.3) is 0 Å². The van der Waals surface area contributed by atoms with E-state index in [2.05, 4.69) is 0 Å². The first-order chi connectivity index (χ1) is 11.2. The van der Waals surface area contributed by atoms with Gasteiger partial charge in [-0.05, 0) is 17.8 Å². The van der Waals surface area contributed by atoms with Gasteiger partial charge in [0.05, 0.1) is 0 Å². The topological polar surface area (TPSA) is 38.7 Å². The summed E-state index contributed by atoms with van der Waals surface area (Å²) in [6, 6.07) is 0. The number of aliphatic hydroxyl groups is 1. The second-order valence-electron chi connectivity index (χ2n) is 9.64. The Morgan fingerprint density at radius 2 is 1.22 bits per heavy atom. The first kappa shape index (κ1) is 16.5. The van der Waals surface area contributed by atoms with Crippen LogP contribution in [0.4, 0.5) is 0 Å². The Balaban J connectivity index is 1.26.